The fraction of sp³-hybridized carbons (Fsp3) is 0.750. The van der Waals surface area contributed by atoms with Gasteiger partial charge in [-0.3, -0.25) is 4.79 Å². The summed E-state index contributed by atoms with van der Waals surface area (Å²) in [4.78, 5) is 35.2. The van der Waals surface area contributed by atoms with Gasteiger partial charge in [0.25, 0.3) is 0 Å². The first kappa shape index (κ1) is 16.2. The molecule has 8 heteroatoms. The number of carboxylic acid groups (broad SMARTS) is 1. The van der Waals surface area contributed by atoms with Gasteiger partial charge in [-0.1, -0.05) is 0 Å². The molecular weight excluding hydrogens is 266 g/mol. The fourth-order valence-corrected chi connectivity index (χ4v) is 2.08. The number of hydrogen-bond donors (Lipinski definition) is 3. The SMILES string of the molecule is COC1CCN(C(=O)N[C@H](CCC(N)=O)C(=O)O)CC1. The molecular formula is C12H21N3O5. The summed E-state index contributed by atoms with van der Waals surface area (Å²) in [6.07, 6.45) is 1.50. The number of nitrogens with two attached hydrogens (primary N) is 1. The number of methoxy groups -OCH3 is 1. The third-order valence-electron chi connectivity index (χ3n) is 3.34. The number of carbonyl (C=O) groups is 3. The highest BCUT2D eigenvalue weighted by molar-refractivity contribution is 5.83. The molecule has 0 spiro atoms. The van der Waals surface area contributed by atoms with Crippen LogP contribution in [0.4, 0.5) is 4.79 Å². The molecule has 8 nitrogen and oxygen atoms in total. The molecule has 0 saturated carbocycles. The Balaban J connectivity index is 2.45. The maximum atomic E-state index is 11.9. The summed E-state index contributed by atoms with van der Waals surface area (Å²) in [5, 5.41) is 11.4. The summed E-state index contributed by atoms with van der Waals surface area (Å²) >= 11 is 0. The van der Waals surface area contributed by atoms with E-state index in [1.54, 1.807) is 12.0 Å². The average molecular weight is 287 g/mol. The van der Waals surface area contributed by atoms with Crippen molar-refractivity contribution >= 4 is 17.9 Å². The van der Waals surface area contributed by atoms with Crippen molar-refractivity contribution in [2.24, 2.45) is 5.73 Å². The zero-order valence-electron chi connectivity index (χ0n) is 11.5. The molecule has 0 unspecified atom stereocenters. The standard InChI is InChI=1S/C12H21N3O5/c1-20-8-4-6-15(7-5-8)12(19)14-9(11(17)18)2-3-10(13)16/h8-9H,2-7H2,1H3,(H2,13,16)(H,14,19)(H,17,18)/t9-/m1/s1. The van der Waals surface area contributed by atoms with Crippen LogP contribution in [0.15, 0.2) is 0 Å². The van der Waals surface area contributed by atoms with Crippen LogP contribution >= 0.6 is 0 Å². The van der Waals surface area contributed by atoms with Crippen molar-refractivity contribution < 1.29 is 24.2 Å². The van der Waals surface area contributed by atoms with Gasteiger partial charge in [0.05, 0.1) is 6.10 Å². The molecule has 0 aromatic carbocycles. The number of ether oxygens (including phenoxy) is 1. The monoisotopic (exact) mass is 287 g/mol. The second-order valence-electron chi connectivity index (χ2n) is 4.77. The second kappa shape index (κ2) is 7.68. The van der Waals surface area contributed by atoms with E-state index in [1.165, 1.54) is 0 Å². The molecule has 1 fully saturated rings. The van der Waals surface area contributed by atoms with Crippen LogP contribution in [0.25, 0.3) is 0 Å². The van der Waals surface area contributed by atoms with Crippen molar-refractivity contribution in [3.8, 4) is 0 Å². The molecule has 0 bridgehead atoms. The van der Waals surface area contributed by atoms with Crippen molar-refractivity contribution in [3.63, 3.8) is 0 Å². The van der Waals surface area contributed by atoms with E-state index in [2.05, 4.69) is 5.32 Å². The lowest BCUT2D eigenvalue weighted by molar-refractivity contribution is -0.139. The lowest BCUT2D eigenvalue weighted by atomic mass is 10.1. The van der Waals surface area contributed by atoms with Crippen molar-refractivity contribution in [1.82, 2.24) is 10.2 Å². The Labute approximate surface area is 117 Å². The lowest BCUT2D eigenvalue weighted by Gasteiger charge is -2.32. The molecule has 114 valence electrons. The Morgan fingerprint density at radius 1 is 1.40 bits per heavy atom. The maximum absolute atomic E-state index is 11.9. The maximum Gasteiger partial charge on any atom is 0.326 e. The molecule has 1 aliphatic rings. The lowest BCUT2D eigenvalue weighted by Crippen LogP contribution is -2.51. The number of rotatable bonds is 6. The highest BCUT2D eigenvalue weighted by Crippen LogP contribution is 2.13. The third-order valence-corrected chi connectivity index (χ3v) is 3.34. The van der Waals surface area contributed by atoms with Crippen molar-refractivity contribution in [1.29, 1.82) is 0 Å². The van der Waals surface area contributed by atoms with Crippen LogP contribution in [-0.4, -0.2) is 60.3 Å². The van der Waals surface area contributed by atoms with Gasteiger partial charge in [-0.25, -0.2) is 9.59 Å². The van der Waals surface area contributed by atoms with Gasteiger partial charge in [-0.05, 0) is 19.3 Å². The largest absolute Gasteiger partial charge is 0.480 e. The van der Waals surface area contributed by atoms with E-state index in [-0.39, 0.29) is 18.9 Å². The van der Waals surface area contributed by atoms with Crippen LogP contribution in [0.2, 0.25) is 0 Å². The Bertz CT molecular complexity index is 366. The molecule has 0 radical (unpaired) electrons. The number of nitrogens with zero attached hydrogens (tertiary/aromatic N) is 1. The second-order valence-corrected chi connectivity index (χ2v) is 4.77. The zero-order chi connectivity index (χ0) is 15.1. The van der Waals surface area contributed by atoms with Crippen LogP contribution in [0.5, 0.6) is 0 Å². The summed E-state index contributed by atoms with van der Waals surface area (Å²) < 4.78 is 5.20. The first-order valence-corrected chi connectivity index (χ1v) is 6.53. The van der Waals surface area contributed by atoms with Crippen molar-refractivity contribution in [2.45, 2.75) is 37.8 Å². The average Bonchev–Trinajstić information content (AvgIpc) is 2.42. The van der Waals surface area contributed by atoms with E-state index >= 15 is 0 Å². The minimum atomic E-state index is -1.17. The molecule has 20 heavy (non-hydrogen) atoms. The number of carbonyl (C=O) groups excluding carboxylic acids is 2. The van der Waals surface area contributed by atoms with Gasteiger partial charge >= 0.3 is 12.0 Å². The molecule has 0 aliphatic carbocycles. The van der Waals surface area contributed by atoms with Gasteiger partial charge in [0.15, 0.2) is 0 Å². The minimum Gasteiger partial charge on any atom is -0.480 e. The van der Waals surface area contributed by atoms with Crippen LogP contribution in [0.1, 0.15) is 25.7 Å². The van der Waals surface area contributed by atoms with Crippen LogP contribution in [-0.2, 0) is 14.3 Å². The van der Waals surface area contributed by atoms with Gasteiger partial charge in [0.1, 0.15) is 6.04 Å². The summed E-state index contributed by atoms with van der Waals surface area (Å²) in [5.74, 6) is -1.77. The predicted octanol–water partition coefficient (Wildman–Crippen LogP) is -0.474. The molecule has 1 rings (SSSR count). The number of piperidine rings is 1. The zero-order valence-corrected chi connectivity index (χ0v) is 11.5. The number of primary amides is 1. The van der Waals surface area contributed by atoms with E-state index in [1.807, 2.05) is 0 Å². The Kier molecular flexibility index (Phi) is 6.23. The Hall–Kier alpha value is -1.83. The normalized spacial score (nSPS) is 17.6. The van der Waals surface area contributed by atoms with E-state index in [0.717, 1.165) is 12.8 Å². The number of likely N-dealkylation sites (tertiary alicyclic amines) is 1. The van der Waals surface area contributed by atoms with Crippen LogP contribution < -0.4 is 11.1 Å². The van der Waals surface area contributed by atoms with E-state index in [0.29, 0.717) is 13.1 Å². The quantitative estimate of drug-likeness (QED) is 0.609. The summed E-state index contributed by atoms with van der Waals surface area (Å²) in [5.41, 5.74) is 4.98. The van der Waals surface area contributed by atoms with E-state index in [4.69, 9.17) is 15.6 Å². The first-order chi connectivity index (χ1) is 9.43. The molecule has 1 atom stereocenters. The Morgan fingerprint density at radius 3 is 2.45 bits per heavy atom. The molecule has 3 amide bonds. The van der Waals surface area contributed by atoms with E-state index in [9.17, 15) is 14.4 Å². The summed E-state index contributed by atoms with van der Waals surface area (Å²) in [6.45, 7) is 1.04. The first-order valence-electron chi connectivity index (χ1n) is 6.53. The molecule has 1 saturated heterocycles. The van der Waals surface area contributed by atoms with Gasteiger partial charge in [0, 0.05) is 26.6 Å². The number of nitrogens with one attached hydrogen (secondary N) is 1. The Morgan fingerprint density at radius 2 is 2.00 bits per heavy atom. The smallest absolute Gasteiger partial charge is 0.326 e. The van der Waals surface area contributed by atoms with Crippen molar-refractivity contribution in [2.75, 3.05) is 20.2 Å². The molecule has 1 aliphatic heterocycles. The minimum absolute atomic E-state index is 0.00899. The number of amides is 3. The number of hydrogen-bond acceptors (Lipinski definition) is 4. The van der Waals surface area contributed by atoms with Crippen LogP contribution in [0.3, 0.4) is 0 Å². The molecule has 4 N–H and O–H groups in total. The van der Waals surface area contributed by atoms with E-state index < -0.39 is 23.9 Å². The number of aliphatic carboxylic acids is 1. The van der Waals surface area contributed by atoms with Crippen LogP contribution in [0, 0.1) is 0 Å². The van der Waals surface area contributed by atoms with Gasteiger partial charge in [0.2, 0.25) is 5.91 Å². The predicted molar refractivity (Wildman–Crippen MR) is 70.0 cm³/mol. The molecule has 1 heterocycles. The summed E-state index contributed by atoms with van der Waals surface area (Å²) in [7, 11) is 1.63. The molecule has 0 aromatic rings. The third kappa shape index (κ3) is 5.04. The highest BCUT2D eigenvalue weighted by atomic mass is 16.5. The summed E-state index contributed by atoms with van der Waals surface area (Å²) in [6, 6.07) is -1.54. The van der Waals surface area contributed by atoms with Gasteiger partial charge in [-0.15, -0.1) is 0 Å². The van der Waals surface area contributed by atoms with Gasteiger partial charge < -0.3 is 25.8 Å². The number of urea groups is 1. The fourth-order valence-electron chi connectivity index (χ4n) is 2.08. The highest BCUT2D eigenvalue weighted by Gasteiger charge is 2.26. The molecule has 0 aromatic heterocycles. The number of carboxylic acids is 1. The van der Waals surface area contributed by atoms with Crippen molar-refractivity contribution in [3.05, 3.63) is 0 Å². The topological polar surface area (TPSA) is 122 Å². The van der Waals surface area contributed by atoms with Gasteiger partial charge in [-0.2, -0.15) is 0 Å².